The third-order valence-corrected chi connectivity index (χ3v) is 3.36. The molecule has 0 fully saturated rings. The van der Waals surface area contributed by atoms with E-state index in [0.717, 1.165) is 12.0 Å². The molecule has 15 heavy (non-hydrogen) atoms. The molecule has 0 aromatic heterocycles. The first-order chi connectivity index (χ1) is 7.15. The molecule has 1 aromatic rings. The lowest BCUT2D eigenvalue weighted by Gasteiger charge is -2.16. The fourth-order valence-electron chi connectivity index (χ4n) is 1.31. The quantitative estimate of drug-likeness (QED) is 0.837. The number of hydrogen-bond acceptors (Lipinski definition) is 1. The van der Waals surface area contributed by atoms with Crippen LogP contribution < -0.4 is 5.32 Å². The SMILES string of the molecule is CCC(Br)C(=O)N[C@@H](C)c1ccccc1. The molecule has 0 aliphatic rings. The molecule has 0 bridgehead atoms. The van der Waals surface area contributed by atoms with Gasteiger partial charge in [-0.2, -0.15) is 0 Å². The second-order valence-electron chi connectivity index (χ2n) is 3.52. The Morgan fingerprint density at radius 3 is 2.53 bits per heavy atom. The van der Waals surface area contributed by atoms with Gasteiger partial charge in [-0.1, -0.05) is 53.2 Å². The summed E-state index contributed by atoms with van der Waals surface area (Å²) in [5.74, 6) is 0.0499. The number of amides is 1. The lowest BCUT2D eigenvalue weighted by Crippen LogP contribution is -2.32. The number of alkyl halides is 1. The predicted octanol–water partition coefficient (Wildman–Crippen LogP) is 3.04. The van der Waals surface area contributed by atoms with Gasteiger partial charge in [-0.05, 0) is 18.9 Å². The highest BCUT2D eigenvalue weighted by atomic mass is 79.9. The third kappa shape index (κ3) is 3.67. The van der Waals surface area contributed by atoms with Crippen molar-refractivity contribution in [3.05, 3.63) is 35.9 Å². The Morgan fingerprint density at radius 2 is 2.00 bits per heavy atom. The number of carbonyl (C=O) groups is 1. The van der Waals surface area contributed by atoms with Crippen molar-refractivity contribution in [1.82, 2.24) is 5.32 Å². The summed E-state index contributed by atoms with van der Waals surface area (Å²) in [6.07, 6.45) is 0.799. The lowest BCUT2D eigenvalue weighted by molar-refractivity contribution is -0.121. The van der Waals surface area contributed by atoms with Crippen LogP contribution in [-0.4, -0.2) is 10.7 Å². The number of hydrogen-bond donors (Lipinski definition) is 1. The van der Waals surface area contributed by atoms with Crippen LogP contribution in [0.5, 0.6) is 0 Å². The van der Waals surface area contributed by atoms with Gasteiger partial charge in [0.15, 0.2) is 0 Å². The first-order valence-electron chi connectivity index (χ1n) is 5.14. The summed E-state index contributed by atoms with van der Waals surface area (Å²) >= 11 is 3.33. The van der Waals surface area contributed by atoms with Gasteiger partial charge < -0.3 is 5.32 Å². The second kappa shape index (κ2) is 5.91. The normalized spacial score (nSPS) is 14.3. The minimum Gasteiger partial charge on any atom is -0.349 e. The average molecular weight is 270 g/mol. The second-order valence-corrected chi connectivity index (χ2v) is 4.62. The van der Waals surface area contributed by atoms with E-state index in [1.807, 2.05) is 44.2 Å². The molecule has 1 N–H and O–H groups in total. The minimum absolute atomic E-state index is 0.0499. The number of benzene rings is 1. The summed E-state index contributed by atoms with van der Waals surface area (Å²) < 4.78 is 0. The fourth-order valence-corrected chi connectivity index (χ4v) is 1.45. The maximum absolute atomic E-state index is 11.6. The van der Waals surface area contributed by atoms with Gasteiger partial charge in [-0.3, -0.25) is 4.79 Å². The molecule has 1 amide bonds. The van der Waals surface area contributed by atoms with E-state index < -0.39 is 0 Å². The maximum atomic E-state index is 11.6. The molecular formula is C12H16BrNO. The minimum atomic E-state index is -0.0938. The van der Waals surface area contributed by atoms with Crippen molar-refractivity contribution in [3.8, 4) is 0 Å². The van der Waals surface area contributed by atoms with Gasteiger partial charge in [0.2, 0.25) is 5.91 Å². The zero-order chi connectivity index (χ0) is 11.3. The van der Waals surface area contributed by atoms with Crippen molar-refractivity contribution >= 4 is 21.8 Å². The summed E-state index contributed by atoms with van der Waals surface area (Å²) in [6.45, 7) is 3.97. The van der Waals surface area contributed by atoms with Crippen LogP contribution in [0.1, 0.15) is 31.9 Å². The van der Waals surface area contributed by atoms with Crippen LogP contribution in [-0.2, 0) is 4.79 Å². The van der Waals surface area contributed by atoms with Gasteiger partial charge in [-0.15, -0.1) is 0 Å². The first-order valence-corrected chi connectivity index (χ1v) is 6.06. The molecule has 1 rings (SSSR count). The van der Waals surface area contributed by atoms with E-state index in [0.29, 0.717) is 0 Å². The van der Waals surface area contributed by atoms with Crippen LogP contribution in [0.15, 0.2) is 30.3 Å². The highest BCUT2D eigenvalue weighted by Crippen LogP contribution is 2.13. The van der Waals surface area contributed by atoms with Crippen molar-refractivity contribution in [3.63, 3.8) is 0 Å². The fraction of sp³-hybridized carbons (Fsp3) is 0.417. The van der Waals surface area contributed by atoms with E-state index in [2.05, 4.69) is 21.2 Å². The van der Waals surface area contributed by atoms with Crippen LogP contribution in [0.2, 0.25) is 0 Å². The Bertz CT molecular complexity index is 313. The van der Waals surface area contributed by atoms with Crippen molar-refractivity contribution < 1.29 is 4.79 Å². The zero-order valence-corrected chi connectivity index (χ0v) is 10.6. The summed E-state index contributed by atoms with van der Waals surface area (Å²) in [5.41, 5.74) is 1.13. The third-order valence-electron chi connectivity index (χ3n) is 2.30. The van der Waals surface area contributed by atoms with E-state index in [-0.39, 0.29) is 16.8 Å². The highest BCUT2D eigenvalue weighted by Gasteiger charge is 2.15. The smallest absolute Gasteiger partial charge is 0.234 e. The molecule has 0 saturated heterocycles. The molecule has 0 radical (unpaired) electrons. The molecule has 0 spiro atoms. The number of carbonyl (C=O) groups excluding carboxylic acids is 1. The Labute approximate surface area is 99.2 Å². The van der Waals surface area contributed by atoms with Crippen molar-refractivity contribution in [1.29, 1.82) is 0 Å². The molecule has 3 heteroatoms. The van der Waals surface area contributed by atoms with Gasteiger partial charge in [0.25, 0.3) is 0 Å². The number of nitrogens with one attached hydrogen (secondary N) is 1. The van der Waals surface area contributed by atoms with E-state index in [1.54, 1.807) is 0 Å². The monoisotopic (exact) mass is 269 g/mol. The van der Waals surface area contributed by atoms with Crippen molar-refractivity contribution in [2.24, 2.45) is 0 Å². The zero-order valence-electron chi connectivity index (χ0n) is 9.03. The average Bonchev–Trinajstić information content (AvgIpc) is 2.29. The molecule has 0 saturated carbocycles. The van der Waals surface area contributed by atoms with Crippen molar-refractivity contribution in [2.45, 2.75) is 31.1 Å². The maximum Gasteiger partial charge on any atom is 0.234 e. The van der Waals surface area contributed by atoms with Crippen LogP contribution in [0.25, 0.3) is 0 Å². The van der Waals surface area contributed by atoms with E-state index >= 15 is 0 Å². The summed E-state index contributed by atoms with van der Waals surface area (Å²) in [6, 6.07) is 10.0. The highest BCUT2D eigenvalue weighted by molar-refractivity contribution is 9.10. The Hall–Kier alpha value is -0.830. The van der Waals surface area contributed by atoms with Gasteiger partial charge in [-0.25, -0.2) is 0 Å². The van der Waals surface area contributed by atoms with Crippen LogP contribution in [0, 0.1) is 0 Å². The largest absolute Gasteiger partial charge is 0.349 e. The Morgan fingerprint density at radius 1 is 1.40 bits per heavy atom. The van der Waals surface area contributed by atoms with Gasteiger partial charge in [0.05, 0.1) is 10.9 Å². The molecule has 0 heterocycles. The summed E-state index contributed by atoms with van der Waals surface area (Å²) in [5, 5.41) is 2.96. The standard InChI is InChI=1S/C12H16BrNO/c1-3-11(13)12(15)14-9(2)10-7-5-4-6-8-10/h4-9,11H,3H2,1-2H3,(H,14,15)/t9-,11?/m0/s1. The molecule has 2 nitrogen and oxygen atoms in total. The first kappa shape index (κ1) is 12.2. The van der Waals surface area contributed by atoms with E-state index in [1.165, 1.54) is 0 Å². The number of halogens is 1. The Balaban J connectivity index is 2.56. The van der Waals surface area contributed by atoms with Gasteiger partial charge in [0.1, 0.15) is 0 Å². The summed E-state index contributed by atoms with van der Waals surface area (Å²) in [4.78, 5) is 11.5. The van der Waals surface area contributed by atoms with Crippen LogP contribution >= 0.6 is 15.9 Å². The van der Waals surface area contributed by atoms with Gasteiger partial charge >= 0.3 is 0 Å². The van der Waals surface area contributed by atoms with Gasteiger partial charge in [0, 0.05) is 0 Å². The van der Waals surface area contributed by atoms with E-state index in [9.17, 15) is 4.79 Å². The summed E-state index contributed by atoms with van der Waals surface area (Å²) in [7, 11) is 0. The predicted molar refractivity (Wildman–Crippen MR) is 66.0 cm³/mol. The van der Waals surface area contributed by atoms with Crippen LogP contribution in [0.3, 0.4) is 0 Å². The lowest BCUT2D eigenvalue weighted by atomic mass is 10.1. The molecule has 0 aliphatic heterocycles. The van der Waals surface area contributed by atoms with Crippen molar-refractivity contribution in [2.75, 3.05) is 0 Å². The topological polar surface area (TPSA) is 29.1 Å². The molecule has 0 aliphatic carbocycles. The molecule has 82 valence electrons. The number of rotatable bonds is 4. The molecule has 2 atom stereocenters. The molecular weight excluding hydrogens is 254 g/mol. The van der Waals surface area contributed by atoms with E-state index in [4.69, 9.17) is 0 Å². The Kier molecular flexibility index (Phi) is 4.82. The molecule has 1 aromatic carbocycles. The van der Waals surface area contributed by atoms with Crippen LogP contribution in [0.4, 0.5) is 0 Å². The molecule has 1 unspecified atom stereocenters.